The fourth-order valence-corrected chi connectivity index (χ4v) is 3.12. The predicted molar refractivity (Wildman–Crippen MR) is 87.2 cm³/mol. The van der Waals surface area contributed by atoms with E-state index in [0.29, 0.717) is 18.2 Å². The van der Waals surface area contributed by atoms with Crippen molar-refractivity contribution in [3.63, 3.8) is 0 Å². The van der Waals surface area contributed by atoms with Gasteiger partial charge in [0.1, 0.15) is 23.4 Å². The number of hydrogen-bond acceptors (Lipinski definition) is 5. The molecule has 6 nitrogen and oxygen atoms in total. The van der Waals surface area contributed by atoms with E-state index in [-0.39, 0.29) is 0 Å². The van der Waals surface area contributed by atoms with Gasteiger partial charge in [0.25, 0.3) is 0 Å². The van der Waals surface area contributed by atoms with Crippen molar-refractivity contribution in [1.29, 1.82) is 5.26 Å². The van der Waals surface area contributed by atoms with Crippen LogP contribution in [0.5, 0.6) is 0 Å². The van der Waals surface area contributed by atoms with Gasteiger partial charge in [-0.05, 0) is 25.0 Å². The fraction of sp³-hybridized carbons (Fsp3) is 0.471. The maximum Gasteiger partial charge on any atom is 0.142 e. The summed E-state index contributed by atoms with van der Waals surface area (Å²) < 4.78 is 7.35. The predicted octanol–water partition coefficient (Wildman–Crippen LogP) is 2.18. The maximum atomic E-state index is 9.03. The lowest BCUT2D eigenvalue weighted by Crippen LogP contribution is -2.36. The van der Waals surface area contributed by atoms with Crippen LogP contribution in [0.1, 0.15) is 30.3 Å². The summed E-state index contributed by atoms with van der Waals surface area (Å²) in [7, 11) is 1.72. The minimum atomic E-state index is 0.378. The van der Waals surface area contributed by atoms with Crippen molar-refractivity contribution in [2.24, 2.45) is 0 Å². The average Bonchev–Trinajstić information content (AvgIpc) is 3.08. The van der Waals surface area contributed by atoms with Gasteiger partial charge >= 0.3 is 0 Å². The van der Waals surface area contributed by atoms with Gasteiger partial charge in [0.15, 0.2) is 0 Å². The molecule has 2 aromatic rings. The smallest absolute Gasteiger partial charge is 0.142 e. The van der Waals surface area contributed by atoms with Crippen LogP contribution in [0.25, 0.3) is 0 Å². The molecule has 1 aliphatic rings. The highest BCUT2D eigenvalue weighted by molar-refractivity contribution is 5.42. The topological polar surface area (TPSA) is 67.0 Å². The third-order valence-electron chi connectivity index (χ3n) is 4.24. The molecule has 1 fully saturated rings. The fourth-order valence-electron chi connectivity index (χ4n) is 3.12. The Morgan fingerprint density at radius 1 is 1.43 bits per heavy atom. The van der Waals surface area contributed by atoms with E-state index in [1.807, 2.05) is 24.5 Å². The zero-order chi connectivity index (χ0) is 16.1. The summed E-state index contributed by atoms with van der Waals surface area (Å²) in [5.74, 6) is 2.37. The third kappa shape index (κ3) is 3.51. The van der Waals surface area contributed by atoms with Gasteiger partial charge in [-0.2, -0.15) is 5.26 Å². The number of nitrogens with zero attached hydrogens (tertiary/aromatic N) is 5. The van der Waals surface area contributed by atoms with E-state index in [4.69, 9.17) is 10.00 Å². The molecular weight excluding hydrogens is 290 g/mol. The third-order valence-corrected chi connectivity index (χ3v) is 4.24. The van der Waals surface area contributed by atoms with E-state index in [2.05, 4.69) is 25.5 Å². The molecule has 120 valence electrons. The van der Waals surface area contributed by atoms with Gasteiger partial charge in [0.2, 0.25) is 0 Å². The monoisotopic (exact) mass is 311 g/mol. The Hall–Kier alpha value is -2.39. The molecular formula is C17H21N5O. The highest BCUT2D eigenvalue weighted by atomic mass is 16.5. The second kappa shape index (κ2) is 7.25. The van der Waals surface area contributed by atoms with E-state index in [9.17, 15) is 0 Å². The molecule has 1 aliphatic heterocycles. The Labute approximate surface area is 136 Å². The average molecular weight is 311 g/mol. The zero-order valence-corrected chi connectivity index (χ0v) is 13.4. The number of hydrogen-bond donors (Lipinski definition) is 0. The standard InChI is InChI=1S/C17H21N5O/c1-23-11-10-21-9-7-19-17(21)14-4-3-8-22(13-14)16-6-2-5-15(12-18)20-16/h2,5-7,9,14H,3-4,8,10-11,13H2,1H3/t14-/m1/s1. The lowest BCUT2D eigenvalue weighted by atomic mass is 9.97. The van der Waals surface area contributed by atoms with Crippen LogP contribution in [0.4, 0.5) is 5.82 Å². The summed E-state index contributed by atoms with van der Waals surface area (Å²) in [6, 6.07) is 7.71. The number of nitriles is 1. The van der Waals surface area contributed by atoms with Gasteiger partial charge in [-0.25, -0.2) is 9.97 Å². The molecule has 0 N–H and O–H groups in total. The number of aromatic nitrogens is 3. The van der Waals surface area contributed by atoms with E-state index < -0.39 is 0 Å². The number of imidazole rings is 1. The molecule has 1 atom stereocenters. The van der Waals surface area contributed by atoms with E-state index in [1.54, 1.807) is 13.2 Å². The first kappa shape index (κ1) is 15.5. The second-order valence-corrected chi connectivity index (χ2v) is 5.75. The Morgan fingerprint density at radius 2 is 2.35 bits per heavy atom. The van der Waals surface area contributed by atoms with Crippen molar-refractivity contribution in [3.8, 4) is 6.07 Å². The Bertz CT molecular complexity index is 690. The summed E-state index contributed by atoms with van der Waals surface area (Å²) in [5, 5.41) is 9.03. The van der Waals surface area contributed by atoms with Crippen molar-refractivity contribution >= 4 is 5.82 Å². The second-order valence-electron chi connectivity index (χ2n) is 5.75. The summed E-state index contributed by atoms with van der Waals surface area (Å²) in [4.78, 5) is 11.2. The van der Waals surface area contributed by atoms with Crippen LogP contribution in [0.3, 0.4) is 0 Å². The lowest BCUT2D eigenvalue weighted by molar-refractivity contribution is 0.185. The first-order chi connectivity index (χ1) is 11.3. The highest BCUT2D eigenvalue weighted by Gasteiger charge is 2.25. The number of rotatable bonds is 5. The van der Waals surface area contributed by atoms with Crippen molar-refractivity contribution in [1.82, 2.24) is 14.5 Å². The van der Waals surface area contributed by atoms with E-state index in [1.165, 1.54) is 0 Å². The van der Waals surface area contributed by atoms with Crippen LogP contribution in [-0.4, -0.2) is 41.3 Å². The molecule has 0 unspecified atom stereocenters. The first-order valence-electron chi connectivity index (χ1n) is 7.94. The van der Waals surface area contributed by atoms with E-state index >= 15 is 0 Å². The van der Waals surface area contributed by atoms with E-state index in [0.717, 1.165) is 44.1 Å². The first-order valence-corrected chi connectivity index (χ1v) is 7.94. The molecule has 0 aromatic carbocycles. The van der Waals surface area contributed by atoms with Gasteiger partial charge in [0, 0.05) is 45.1 Å². The zero-order valence-electron chi connectivity index (χ0n) is 13.4. The SMILES string of the molecule is COCCn1ccnc1[C@@H]1CCCN(c2cccc(C#N)n2)C1. The molecule has 2 aromatic heterocycles. The summed E-state index contributed by atoms with van der Waals surface area (Å²) in [6.45, 7) is 3.36. The minimum Gasteiger partial charge on any atom is -0.383 e. The number of pyridine rings is 1. The van der Waals surface area contributed by atoms with Gasteiger partial charge in [0.05, 0.1) is 6.61 Å². The van der Waals surface area contributed by atoms with Crippen LogP contribution in [0.15, 0.2) is 30.6 Å². The number of piperidine rings is 1. The molecule has 0 aliphatic carbocycles. The molecule has 0 radical (unpaired) electrons. The molecule has 0 saturated carbocycles. The minimum absolute atomic E-state index is 0.378. The number of ether oxygens (including phenoxy) is 1. The molecule has 23 heavy (non-hydrogen) atoms. The highest BCUT2D eigenvalue weighted by Crippen LogP contribution is 2.28. The molecule has 6 heteroatoms. The lowest BCUT2D eigenvalue weighted by Gasteiger charge is -2.33. The number of anilines is 1. The quantitative estimate of drug-likeness (QED) is 0.846. The largest absolute Gasteiger partial charge is 0.383 e. The molecule has 1 saturated heterocycles. The molecule has 3 heterocycles. The van der Waals surface area contributed by atoms with Crippen LogP contribution in [0.2, 0.25) is 0 Å². The van der Waals surface area contributed by atoms with Gasteiger partial charge < -0.3 is 14.2 Å². The molecule has 3 rings (SSSR count). The maximum absolute atomic E-state index is 9.03. The van der Waals surface area contributed by atoms with Gasteiger partial charge in [-0.3, -0.25) is 0 Å². The van der Waals surface area contributed by atoms with Crippen molar-refractivity contribution in [2.45, 2.75) is 25.3 Å². The number of methoxy groups -OCH3 is 1. The molecule has 0 bridgehead atoms. The van der Waals surface area contributed by atoms with Crippen LogP contribution >= 0.6 is 0 Å². The molecule has 0 spiro atoms. The normalized spacial score (nSPS) is 17.9. The van der Waals surface area contributed by atoms with Crippen LogP contribution < -0.4 is 4.90 Å². The van der Waals surface area contributed by atoms with Crippen molar-refractivity contribution < 1.29 is 4.74 Å². The van der Waals surface area contributed by atoms with Gasteiger partial charge in [-0.1, -0.05) is 6.07 Å². The van der Waals surface area contributed by atoms with Gasteiger partial charge in [-0.15, -0.1) is 0 Å². The van der Waals surface area contributed by atoms with Crippen LogP contribution in [-0.2, 0) is 11.3 Å². The summed E-state index contributed by atoms with van der Waals surface area (Å²) in [6.07, 6.45) is 6.10. The van der Waals surface area contributed by atoms with Crippen molar-refractivity contribution in [3.05, 3.63) is 42.1 Å². The van der Waals surface area contributed by atoms with Crippen molar-refractivity contribution in [2.75, 3.05) is 31.7 Å². The summed E-state index contributed by atoms with van der Waals surface area (Å²) in [5.41, 5.74) is 0.464. The van der Waals surface area contributed by atoms with Crippen LogP contribution in [0, 0.1) is 11.3 Å². The Morgan fingerprint density at radius 3 is 3.17 bits per heavy atom. The summed E-state index contributed by atoms with van der Waals surface area (Å²) >= 11 is 0. The Kier molecular flexibility index (Phi) is 4.89. The molecule has 0 amide bonds. The Balaban J connectivity index is 1.76.